The van der Waals surface area contributed by atoms with Crippen LogP contribution < -0.4 is 9.47 Å². The number of carboxylic acids is 1. The first kappa shape index (κ1) is 15.9. The van der Waals surface area contributed by atoms with Gasteiger partial charge in [0.25, 0.3) is 0 Å². The van der Waals surface area contributed by atoms with E-state index < -0.39 is 5.97 Å². The molecule has 2 aromatic carbocycles. The molecule has 0 bridgehead atoms. The van der Waals surface area contributed by atoms with Gasteiger partial charge in [0.2, 0.25) is 0 Å². The number of benzene rings is 2. The van der Waals surface area contributed by atoms with Crippen molar-refractivity contribution in [2.24, 2.45) is 0 Å². The average Bonchev–Trinajstić information content (AvgIpc) is 2.93. The van der Waals surface area contributed by atoms with Crippen molar-refractivity contribution in [3.8, 4) is 22.8 Å². The van der Waals surface area contributed by atoms with Gasteiger partial charge in [0.05, 0.1) is 26.3 Å². The third kappa shape index (κ3) is 2.80. The highest BCUT2D eigenvalue weighted by Crippen LogP contribution is 2.35. The maximum atomic E-state index is 11.4. The number of aliphatic carboxylic acids is 1. The molecule has 0 aliphatic heterocycles. The molecule has 5 heteroatoms. The number of H-pyrrole nitrogens is 1. The van der Waals surface area contributed by atoms with Crippen LogP contribution in [0, 0.1) is 6.92 Å². The molecule has 2 N–H and O–H groups in total. The summed E-state index contributed by atoms with van der Waals surface area (Å²) in [4.78, 5) is 14.8. The SMILES string of the molecule is COc1cccc(-c2[nH]c3c(C)cc(OC)cc3c2CC(=O)O)c1. The van der Waals surface area contributed by atoms with Gasteiger partial charge in [-0.3, -0.25) is 4.79 Å². The summed E-state index contributed by atoms with van der Waals surface area (Å²) in [5.41, 5.74) is 4.35. The number of methoxy groups -OCH3 is 2. The van der Waals surface area contributed by atoms with Gasteiger partial charge in [-0.25, -0.2) is 0 Å². The van der Waals surface area contributed by atoms with Gasteiger partial charge in [0.15, 0.2) is 0 Å². The topological polar surface area (TPSA) is 71.5 Å². The van der Waals surface area contributed by atoms with E-state index in [2.05, 4.69) is 4.98 Å². The molecule has 124 valence electrons. The molecule has 0 radical (unpaired) electrons. The number of aromatic nitrogens is 1. The molecular weight excluding hydrogens is 306 g/mol. The van der Waals surface area contributed by atoms with E-state index in [1.165, 1.54) is 0 Å². The highest BCUT2D eigenvalue weighted by atomic mass is 16.5. The molecule has 0 atom stereocenters. The minimum atomic E-state index is -0.875. The fraction of sp³-hybridized carbons (Fsp3) is 0.211. The largest absolute Gasteiger partial charge is 0.497 e. The minimum absolute atomic E-state index is 0.0703. The summed E-state index contributed by atoms with van der Waals surface area (Å²) in [5.74, 6) is 0.560. The Morgan fingerprint density at radius 2 is 1.88 bits per heavy atom. The molecule has 1 heterocycles. The predicted molar refractivity (Wildman–Crippen MR) is 92.9 cm³/mol. The summed E-state index contributed by atoms with van der Waals surface area (Å²) in [6.07, 6.45) is -0.0703. The Hall–Kier alpha value is -2.95. The van der Waals surface area contributed by atoms with E-state index in [4.69, 9.17) is 9.47 Å². The standard InChI is InChI=1S/C19H19NO4/c1-11-7-14(24-3)9-15-16(10-17(21)22)19(20-18(11)15)12-5-4-6-13(8-12)23-2/h4-9,20H,10H2,1-3H3,(H,21,22). The maximum Gasteiger partial charge on any atom is 0.307 e. The molecule has 24 heavy (non-hydrogen) atoms. The lowest BCUT2D eigenvalue weighted by molar-refractivity contribution is -0.136. The Morgan fingerprint density at radius 3 is 2.54 bits per heavy atom. The van der Waals surface area contributed by atoms with E-state index in [1.807, 2.05) is 43.3 Å². The smallest absolute Gasteiger partial charge is 0.307 e. The van der Waals surface area contributed by atoms with Crippen molar-refractivity contribution in [1.29, 1.82) is 0 Å². The van der Waals surface area contributed by atoms with E-state index in [9.17, 15) is 9.90 Å². The summed E-state index contributed by atoms with van der Waals surface area (Å²) in [6, 6.07) is 11.4. The summed E-state index contributed by atoms with van der Waals surface area (Å²) in [7, 11) is 3.21. The molecule has 0 spiro atoms. The molecule has 1 aromatic heterocycles. The molecule has 3 rings (SSSR count). The molecule has 0 fully saturated rings. The van der Waals surface area contributed by atoms with Crippen LogP contribution in [0.15, 0.2) is 36.4 Å². The Kier molecular flexibility index (Phi) is 4.16. The normalized spacial score (nSPS) is 10.8. The Bertz CT molecular complexity index is 911. The molecule has 0 amide bonds. The molecular formula is C19H19NO4. The quantitative estimate of drug-likeness (QED) is 0.749. The first-order chi connectivity index (χ1) is 11.5. The van der Waals surface area contributed by atoms with Gasteiger partial charge < -0.3 is 19.6 Å². The van der Waals surface area contributed by atoms with Gasteiger partial charge in [0.1, 0.15) is 11.5 Å². The maximum absolute atomic E-state index is 11.4. The van der Waals surface area contributed by atoms with Gasteiger partial charge >= 0.3 is 5.97 Å². The van der Waals surface area contributed by atoms with Crippen LogP contribution in [0.3, 0.4) is 0 Å². The number of carbonyl (C=O) groups is 1. The number of carboxylic acid groups (broad SMARTS) is 1. The fourth-order valence-corrected chi connectivity index (χ4v) is 2.97. The van der Waals surface area contributed by atoms with Gasteiger partial charge in [0, 0.05) is 16.5 Å². The summed E-state index contributed by atoms with van der Waals surface area (Å²) in [6.45, 7) is 1.97. The Labute approximate surface area is 139 Å². The molecule has 3 aromatic rings. The van der Waals surface area contributed by atoms with Gasteiger partial charge in [-0.1, -0.05) is 12.1 Å². The number of aromatic amines is 1. The molecule has 0 aliphatic carbocycles. The number of fused-ring (bicyclic) bond motifs is 1. The highest BCUT2D eigenvalue weighted by Gasteiger charge is 2.18. The van der Waals surface area contributed by atoms with Crippen molar-refractivity contribution >= 4 is 16.9 Å². The second-order valence-corrected chi connectivity index (χ2v) is 5.65. The van der Waals surface area contributed by atoms with Crippen molar-refractivity contribution in [3.63, 3.8) is 0 Å². The molecule has 0 aliphatic rings. The van der Waals surface area contributed by atoms with Crippen LogP contribution in [0.4, 0.5) is 0 Å². The molecule has 0 unspecified atom stereocenters. The van der Waals surface area contributed by atoms with Crippen molar-refractivity contribution < 1.29 is 19.4 Å². The lowest BCUT2D eigenvalue weighted by atomic mass is 10.0. The lowest BCUT2D eigenvalue weighted by Crippen LogP contribution is -2.01. The van der Waals surface area contributed by atoms with Crippen LogP contribution in [-0.2, 0) is 11.2 Å². The zero-order valence-corrected chi connectivity index (χ0v) is 13.8. The van der Waals surface area contributed by atoms with Crippen LogP contribution in [0.2, 0.25) is 0 Å². The predicted octanol–water partition coefficient (Wildman–Crippen LogP) is 3.79. The van der Waals surface area contributed by atoms with Gasteiger partial charge in [-0.05, 0) is 42.3 Å². The molecule has 5 nitrogen and oxygen atoms in total. The van der Waals surface area contributed by atoms with E-state index in [1.54, 1.807) is 14.2 Å². The van der Waals surface area contributed by atoms with Crippen LogP contribution in [0.1, 0.15) is 11.1 Å². The van der Waals surface area contributed by atoms with Crippen LogP contribution in [0.5, 0.6) is 11.5 Å². The Balaban J connectivity index is 2.29. The minimum Gasteiger partial charge on any atom is -0.497 e. The second-order valence-electron chi connectivity index (χ2n) is 5.65. The van der Waals surface area contributed by atoms with E-state index >= 15 is 0 Å². The number of aryl methyl sites for hydroxylation is 1. The zero-order valence-electron chi connectivity index (χ0n) is 13.8. The van der Waals surface area contributed by atoms with Crippen LogP contribution >= 0.6 is 0 Å². The third-order valence-electron chi connectivity index (χ3n) is 4.11. The average molecular weight is 325 g/mol. The first-order valence-electron chi connectivity index (χ1n) is 7.59. The molecule has 0 saturated heterocycles. The van der Waals surface area contributed by atoms with E-state index in [0.29, 0.717) is 5.75 Å². The van der Waals surface area contributed by atoms with E-state index in [-0.39, 0.29) is 6.42 Å². The van der Waals surface area contributed by atoms with Crippen molar-refractivity contribution in [2.75, 3.05) is 14.2 Å². The van der Waals surface area contributed by atoms with E-state index in [0.717, 1.165) is 39.0 Å². The molecule has 0 saturated carbocycles. The Morgan fingerprint density at radius 1 is 1.12 bits per heavy atom. The van der Waals surface area contributed by atoms with Crippen molar-refractivity contribution in [1.82, 2.24) is 4.98 Å². The zero-order chi connectivity index (χ0) is 17.3. The van der Waals surface area contributed by atoms with Crippen LogP contribution in [-0.4, -0.2) is 30.3 Å². The highest BCUT2D eigenvalue weighted by molar-refractivity contribution is 5.96. The first-order valence-corrected chi connectivity index (χ1v) is 7.59. The lowest BCUT2D eigenvalue weighted by Gasteiger charge is -2.06. The van der Waals surface area contributed by atoms with Gasteiger partial charge in [-0.15, -0.1) is 0 Å². The van der Waals surface area contributed by atoms with Crippen molar-refractivity contribution in [3.05, 3.63) is 47.5 Å². The van der Waals surface area contributed by atoms with Gasteiger partial charge in [-0.2, -0.15) is 0 Å². The number of hydrogen-bond acceptors (Lipinski definition) is 3. The monoisotopic (exact) mass is 325 g/mol. The number of hydrogen-bond donors (Lipinski definition) is 2. The number of ether oxygens (including phenoxy) is 2. The summed E-state index contributed by atoms with van der Waals surface area (Å²) < 4.78 is 10.6. The number of nitrogens with one attached hydrogen (secondary N) is 1. The summed E-state index contributed by atoms with van der Waals surface area (Å²) in [5, 5.41) is 10.2. The van der Waals surface area contributed by atoms with Crippen molar-refractivity contribution in [2.45, 2.75) is 13.3 Å². The second kappa shape index (κ2) is 6.28. The number of rotatable bonds is 5. The third-order valence-corrected chi connectivity index (χ3v) is 4.11. The fourth-order valence-electron chi connectivity index (χ4n) is 2.97. The van der Waals surface area contributed by atoms with Crippen LogP contribution in [0.25, 0.3) is 22.2 Å². The summed E-state index contributed by atoms with van der Waals surface area (Å²) >= 11 is 0.